The van der Waals surface area contributed by atoms with Crippen molar-refractivity contribution in [1.29, 1.82) is 0 Å². The molecule has 3 aliphatic rings. The third-order valence-corrected chi connectivity index (χ3v) is 2.72. The van der Waals surface area contributed by atoms with Crippen molar-refractivity contribution in [2.75, 3.05) is 0 Å². The van der Waals surface area contributed by atoms with Crippen LogP contribution in [0.15, 0.2) is 0 Å². The minimum absolute atomic E-state index is 0.0365. The van der Waals surface area contributed by atoms with Gasteiger partial charge in [0.15, 0.2) is 0 Å². The monoisotopic (exact) mass is 111 g/mol. The zero-order valence-corrected chi connectivity index (χ0v) is 5.32. The highest BCUT2D eigenvalue weighted by atomic mass is 14.3. The summed E-state index contributed by atoms with van der Waals surface area (Å²) in [4.78, 5) is 0. The Kier molecular flexibility index (Phi) is 0.857. The molecule has 0 saturated heterocycles. The Morgan fingerprint density at radius 2 is 1.38 bits per heavy atom. The second kappa shape index (κ2) is 1.75. The lowest BCUT2D eigenvalue weighted by atomic mass is 9.71. The van der Waals surface area contributed by atoms with Crippen LogP contribution in [0.3, 0.4) is 0 Å². The van der Waals surface area contributed by atoms with E-state index in [0.29, 0.717) is 0 Å². The Balaban J connectivity index is 2.11. The third-order valence-electron chi connectivity index (χ3n) is 2.72. The van der Waals surface area contributed by atoms with Crippen LogP contribution in [-0.2, 0) is 0 Å². The smallest absolute Gasteiger partial charge is 0.0303 e. The molecular weight excluding hydrogens is 96.1 g/mol. The van der Waals surface area contributed by atoms with Crippen LogP contribution < -0.4 is 0 Å². The van der Waals surface area contributed by atoms with E-state index in [-0.39, 0.29) is 5.89 Å². The number of hydrogen-bond acceptors (Lipinski definition) is 0. The minimum Gasteiger partial charge on any atom is -0.0502 e. The van der Waals surface area contributed by atoms with E-state index in [1.54, 1.807) is 0 Å². The summed E-state index contributed by atoms with van der Waals surface area (Å²) in [5.74, 6) is 1.05. The van der Waals surface area contributed by atoms with Gasteiger partial charge >= 0.3 is 0 Å². The lowest BCUT2D eigenvalue weighted by Gasteiger charge is -2.35. The van der Waals surface area contributed by atoms with Crippen molar-refractivity contribution in [2.24, 2.45) is 11.8 Å². The van der Waals surface area contributed by atoms with Crippen molar-refractivity contribution >= 4 is 0 Å². The van der Waals surface area contributed by atoms with Crippen LogP contribution in [0.2, 0.25) is 0 Å². The Bertz CT molecular complexity index is 98.0. The van der Waals surface area contributed by atoms with Crippen molar-refractivity contribution in [1.82, 2.24) is 0 Å². The number of fused-ring (bicyclic) bond motifs is 3. The molecule has 0 spiro atoms. The molecule has 3 aliphatic carbocycles. The average Bonchev–Trinajstić information content (AvgIpc) is 1.90. The molecule has 0 amide bonds. The largest absolute Gasteiger partial charge is 0.0502 e. The summed E-state index contributed by atoms with van der Waals surface area (Å²) in [5.41, 5.74) is 0. The quantitative estimate of drug-likeness (QED) is 0.450. The van der Waals surface area contributed by atoms with Gasteiger partial charge in [0, 0.05) is 1.37 Å². The zero-order chi connectivity index (χ0) is 6.32. The second-order valence-electron chi connectivity index (χ2n) is 3.23. The Morgan fingerprint density at radius 3 is 1.62 bits per heavy atom. The molecule has 2 bridgehead atoms. The first-order chi connectivity index (χ1) is 4.29. The molecule has 3 fully saturated rings. The van der Waals surface area contributed by atoms with Gasteiger partial charge in [0.25, 0.3) is 0 Å². The molecule has 0 heterocycles. The summed E-state index contributed by atoms with van der Waals surface area (Å²) in [6, 6.07) is 0. The highest BCUT2D eigenvalue weighted by Crippen LogP contribution is 2.40. The molecule has 0 aromatic carbocycles. The van der Waals surface area contributed by atoms with Crippen LogP contribution in [0.4, 0.5) is 0 Å². The van der Waals surface area contributed by atoms with Gasteiger partial charge in [-0.25, -0.2) is 0 Å². The normalized spacial score (nSPS) is 56.0. The molecule has 0 heteroatoms. The fraction of sp³-hybridized carbons (Fsp3) is 1.00. The number of hydrogen-bond donors (Lipinski definition) is 0. The van der Waals surface area contributed by atoms with Crippen molar-refractivity contribution < 1.29 is 1.37 Å². The van der Waals surface area contributed by atoms with Gasteiger partial charge in [-0.3, -0.25) is 0 Å². The van der Waals surface area contributed by atoms with Gasteiger partial charge in [0.2, 0.25) is 0 Å². The lowest BCUT2D eigenvalue weighted by Crippen LogP contribution is -2.21. The summed E-state index contributed by atoms with van der Waals surface area (Å²) in [6.07, 6.45) is 7.63. The summed E-state index contributed by atoms with van der Waals surface area (Å²) < 4.78 is 7.91. The lowest BCUT2D eigenvalue weighted by molar-refractivity contribution is 0.176. The van der Waals surface area contributed by atoms with Crippen LogP contribution in [-0.4, -0.2) is 0 Å². The second-order valence-corrected chi connectivity index (χ2v) is 3.23. The molecule has 0 aromatic rings. The third kappa shape index (κ3) is 0.667. The topological polar surface area (TPSA) is 0 Å². The molecule has 3 saturated carbocycles. The molecule has 0 radical (unpaired) electrons. The molecule has 0 atom stereocenters. The molecule has 3 rings (SSSR count). The van der Waals surface area contributed by atoms with Crippen LogP contribution >= 0.6 is 0 Å². The molecule has 0 unspecified atom stereocenters. The molecular formula is C8H14. The molecule has 8 heavy (non-hydrogen) atoms. The van der Waals surface area contributed by atoms with Gasteiger partial charge in [0.1, 0.15) is 0 Å². The fourth-order valence-corrected chi connectivity index (χ4v) is 2.03. The zero-order valence-electron chi connectivity index (χ0n) is 6.32. The number of rotatable bonds is 0. The predicted octanol–water partition coefficient (Wildman–Crippen LogP) is 2.59. The van der Waals surface area contributed by atoms with Crippen LogP contribution in [0.5, 0.6) is 0 Å². The summed E-state index contributed by atoms with van der Waals surface area (Å²) in [7, 11) is 0. The Hall–Kier alpha value is 0. The Morgan fingerprint density at radius 1 is 0.875 bits per heavy atom. The van der Waals surface area contributed by atoms with Crippen LogP contribution in [0, 0.1) is 11.8 Å². The SMILES string of the molecule is [2H]C12CCC(CC1)CC2. The van der Waals surface area contributed by atoms with Crippen LogP contribution in [0.25, 0.3) is 0 Å². The van der Waals surface area contributed by atoms with Crippen molar-refractivity contribution in [3.8, 4) is 0 Å². The van der Waals surface area contributed by atoms with Crippen molar-refractivity contribution in [3.05, 3.63) is 0 Å². The molecule has 0 nitrogen and oxygen atoms in total. The first kappa shape index (κ1) is 3.92. The molecule has 46 valence electrons. The van der Waals surface area contributed by atoms with E-state index in [1.165, 1.54) is 38.5 Å². The summed E-state index contributed by atoms with van der Waals surface area (Å²) in [5, 5.41) is 0. The highest BCUT2D eigenvalue weighted by molar-refractivity contribution is 4.79. The van der Waals surface area contributed by atoms with Gasteiger partial charge in [-0.1, -0.05) is 38.5 Å². The van der Waals surface area contributed by atoms with Crippen molar-refractivity contribution in [2.45, 2.75) is 38.5 Å². The highest BCUT2D eigenvalue weighted by Gasteiger charge is 2.26. The first-order valence-corrected chi connectivity index (χ1v) is 3.79. The molecule has 0 aliphatic heterocycles. The van der Waals surface area contributed by atoms with Gasteiger partial charge in [-0.2, -0.15) is 0 Å². The van der Waals surface area contributed by atoms with E-state index in [0.717, 1.165) is 5.92 Å². The Labute approximate surface area is 52.7 Å². The standard InChI is InChI=1S/C8H14/c1-2-8-5-3-7(1)4-6-8/h7-8H,1-6H2/i7D. The minimum atomic E-state index is 0.0365. The average molecular weight is 111 g/mol. The van der Waals surface area contributed by atoms with E-state index in [9.17, 15) is 0 Å². The maximum atomic E-state index is 7.91. The summed E-state index contributed by atoms with van der Waals surface area (Å²) >= 11 is 0. The van der Waals surface area contributed by atoms with Gasteiger partial charge < -0.3 is 0 Å². The van der Waals surface area contributed by atoms with E-state index < -0.39 is 0 Å². The van der Waals surface area contributed by atoms with Gasteiger partial charge in [0.05, 0.1) is 0 Å². The van der Waals surface area contributed by atoms with Gasteiger partial charge in [-0.15, -0.1) is 0 Å². The predicted molar refractivity (Wildman–Crippen MR) is 34.7 cm³/mol. The van der Waals surface area contributed by atoms with E-state index in [1.807, 2.05) is 0 Å². The van der Waals surface area contributed by atoms with Crippen LogP contribution in [0.1, 0.15) is 39.9 Å². The fourth-order valence-electron chi connectivity index (χ4n) is 2.03. The molecule has 0 aromatic heterocycles. The maximum Gasteiger partial charge on any atom is 0.0303 e. The van der Waals surface area contributed by atoms with E-state index in [2.05, 4.69) is 0 Å². The summed E-state index contributed by atoms with van der Waals surface area (Å²) in [6.45, 7) is 0. The van der Waals surface area contributed by atoms with Crippen molar-refractivity contribution in [3.63, 3.8) is 0 Å². The van der Waals surface area contributed by atoms with Gasteiger partial charge in [-0.05, 0) is 11.8 Å². The van der Waals surface area contributed by atoms with E-state index >= 15 is 0 Å². The van der Waals surface area contributed by atoms with E-state index in [4.69, 9.17) is 1.37 Å². The first-order valence-electron chi connectivity index (χ1n) is 4.29. The molecule has 0 N–H and O–H groups in total. The maximum absolute atomic E-state index is 7.91.